The Bertz CT molecular complexity index is 607. The highest BCUT2D eigenvalue weighted by molar-refractivity contribution is 7.89. The van der Waals surface area contributed by atoms with Crippen LogP contribution in [0.3, 0.4) is 0 Å². The monoisotopic (exact) mass is 342 g/mol. The fourth-order valence-corrected chi connectivity index (χ4v) is 4.05. The molecule has 2 unspecified atom stereocenters. The molecule has 0 saturated heterocycles. The molecular formula is C12H14ClF3N2O2S. The molecule has 1 aliphatic rings. The van der Waals surface area contributed by atoms with Gasteiger partial charge >= 0.3 is 6.18 Å². The van der Waals surface area contributed by atoms with Crippen LogP contribution in [0, 0.1) is 5.92 Å². The fourth-order valence-electron chi connectivity index (χ4n) is 2.48. The van der Waals surface area contributed by atoms with Crippen molar-refractivity contribution in [1.29, 1.82) is 0 Å². The van der Waals surface area contributed by atoms with Gasteiger partial charge in [-0.3, -0.25) is 0 Å². The largest absolute Gasteiger partial charge is 0.393 e. The molecule has 0 spiro atoms. The number of hydrogen-bond donors (Lipinski definition) is 1. The Kier molecular flexibility index (Phi) is 4.79. The van der Waals surface area contributed by atoms with E-state index in [1.165, 1.54) is 12.3 Å². The molecule has 1 saturated carbocycles. The standard InChI is InChI=1S/C12H14ClF3N2O2S/c13-11-7-8(5-6-17-11)21(19,20)18-10-4-2-1-3-9(10)12(14,15)16/h5-7,9-10,18H,1-4H2. The van der Waals surface area contributed by atoms with Gasteiger partial charge in [0.1, 0.15) is 5.15 Å². The van der Waals surface area contributed by atoms with Gasteiger partial charge in [0.15, 0.2) is 0 Å². The molecule has 2 rings (SSSR count). The molecule has 2 atom stereocenters. The van der Waals surface area contributed by atoms with E-state index in [4.69, 9.17) is 11.6 Å². The highest BCUT2D eigenvalue weighted by Gasteiger charge is 2.46. The summed E-state index contributed by atoms with van der Waals surface area (Å²) in [5.41, 5.74) is 0. The van der Waals surface area contributed by atoms with Crippen molar-refractivity contribution < 1.29 is 21.6 Å². The lowest BCUT2D eigenvalue weighted by molar-refractivity contribution is -0.187. The normalized spacial score (nSPS) is 24.0. The summed E-state index contributed by atoms with van der Waals surface area (Å²) in [6.07, 6.45) is -2.10. The van der Waals surface area contributed by atoms with Crippen LogP contribution in [0.5, 0.6) is 0 Å². The molecule has 118 valence electrons. The Balaban J connectivity index is 2.22. The van der Waals surface area contributed by atoms with Gasteiger partial charge in [-0.1, -0.05) is 24.4 Å². The summed E-state index contributed by atoms with van der Waals surface area (Å²) in [7, 11) is -4.05. The minimum atomic E-state index is -4.41. The van der Waals surface area contributed by atoms with Gasteiger partial charge in [-0.2, -0.15) is 13.2 Å². The number of nitrogens with zero attached hydrogens (tertiary/aromatic N) is 1. The fraction of sp³-hybridized carbons (Fsp3) is 0.583. The van der Waals surface area contributed by atoms with Crippen LogP contribution in [0.4, 0.5) is 13.2 Å². The van der Waals surface area contributed by atoms with E-state index >= 15 is 0 Å². The average Bonchev–Trinajstić information content (AvgIpc) is 2.37. The summed E-state index contributed by atoms with van der Waals surface area (Å²) in [5.74, 6) is -1.65. The maximum Gasteiger partial charge on any atom is 0.393 e. The van der Waals surface area contributed by atoms with Gasteiger partial charge in [0.2, 0.25) is 10.0 Å². The topological polar surface area (TPSA) is 59.1 Å². The van der Waals surface area contributed by atoms with Crippen molar-refractivity contribution in [2.45, 2.75) is 42.8 Å². The second kappa shape index (κ2) is 6.10. The highest BCUT2D eigenvalue weighted by Crippen LogP contribution is 2.38. The average molecular weight is 343 g/mol. The molecule has 0 aromatic carbocycles. The van der Waals surface area contributed by atoms with E-state index in [2.05, 4.69) is 9.71 Å². The van der Waals surface area contributed by atoms with Crippen LogP contribution in [0.15, 0.2) is 23.2 Å². The van der Waals surface area contributed by atoms with Gasteiger partial charge in [0.05, 0.1) is 10.8 Å². The van der Waals surface area contributed by atoms with E-state index < -0.39 is 28.2 Å². The third kappa shape index (κ3) is 4.08. The molecule has 0 radical (unpaired) electrons. The zero-order valence-electron chi connectivity index (χ0n) is 10.9. The molecule has 1 aromatic heterocycles. The van der Waals surface area contributed by atoms with E-state index in [0.29, 0.717) is 12.8 Å². The van der Waals surface area contributed by atoms with E-state index in [-0.39, 0.29) is 22.9 Å². The molecule has 1 fully saturated rings. The number of nitrogens with one attached hydrogen (secondary N) is 1. The Morgan fingerprint density at radius 2 is 1.95 bits per heavy atom. The first-order valence-corrected chi connectivity index (χ1v) is 8.27. The number of sulfonamides is 1. The minimum Gasteiger partial charge on any atom is -0.244 e. The SMILES string of the molecule is O=S(=O)(NC1CCCCC1C(F)(F)F)c1ccnc(Cl)c1. The number of rotatable bonds is 3. The molecule has 0 aliphatic heterocycles. The van der Waals surface area contributed by atoms with Gasteiger partial charge in [-0.05, 0) is 25.0 Å². The predicted molar refractivity (Wildman–Crippen MR) is 71.4 cm³/mol. The van der Waals surface area contributed by atoms with Crippen molar-refractivity contribution in [3.8, 4) is 0 Å². The zero-order valence-corrected chi connectivity index (χ0v) is 12.5. The quantitative estimate of drug-likeness (QED) is 0.858. The van der Waals surface area contributed by atoms with Crippen molar-refractivity contribution in [2.75, 3.05) is 0 Å². The van der Waals surface area contributed by atoms with Crippen LogP contribution in [-0.2, 0) is 10.0 Å². The van der Waals surface area contributed by atoms with Crippen molar-refractivity contribution in [3.05, 3.63) is 23.5 Å². The summed E-state index contributed by atoms with van der Waals surface area (Å²) in [6, 6.07) is 1.16. The van der Waals surface area contributed by atoms with Gasteiger partial charge in [-0.25, -0.2) is 18.1 Å². The zero-order chi connectivity index (χ0) is 15.7. The predicted octanol–water partition coefficient (Wildman–Crippen LogP) is 3.13. The van der Waals surface area contributed by atoms with E-state index in [1.54, 1.807) is 0 Å². The lowest BCUT2D eigenvalue weighted by atomic mass is 9.85. The number of pyridine rings is 1. The molecule has 9 heteroatoms. The first-order chi connectivity index (χ1) is 9.70. The van der Waals surface area contributed by atoms with E-state index in [0.717, 1.165) is 6.07 Å². The molecular weight excluding hydrogens is 329 g/mol. The second-order valence-corrected chi connectivity index (χ2v) is 7.08. The number of alkyl halides is 3. The van der Waals surface area contributed by atoms with Crippen LogP contribution >= 0.6 is 11.6 Å². The summed E-state index contributed by atoms with van der Waals surface area (Å²) < 4.78 is 65.4. The third-order valence-electron chi connectivity index (χ3n) is 3.50. The van der Waals surface area contributed by atoms with Crippen molar-refractivity contribution in [1.82, 2.24) is 9.71 Å². The maximum atomic E-state index is 13.0. The Morgan fingerprint density at radius 3 is 2.57 bits per heavy atom. The summed E-state index contributed by atoms with van der Waals surface area (Å²) >= 11 is 5.61. The number of aromatic nitrogens is 1. The first-order valence-electron chi connectivity index (χ1n) is 6.41. The van der Waals surface area contributed by atoms with Crippen LogP contribution in [0.25, 0.3) is 0 Å². The van der Waals surface area contributed by atoms with Gasteiger partial charge in [-0.15, -0.1) is 0 Å². The highest BCUT2D eigenvalue weighted by atomic mass is 35.5. The second-order valence-electron chi connectivity index (χ2n) is 4.97. The minimum absolute atomic E-state index is 0.0334. The molecule has 1 aliphatic carbocycles. The lowest BCUT2D eigenvalue weighted by Gasteiger charge is -2.33. The van der Waals surface area contributed by atoms with Crippen LogP contribution in [0.2, 0.25) is 5.15 Å². The number of halogens is 4. The summed E-state index contributed by atoms with van der Waals surface area (Å²) in [5, 5.41) is -0.0334. The van der Waals surface area contributed by atoms with Gasteiger partial charge < -0.3 is 0 Å². The molecule has 0 bridgehead atoms. The molecule has 1 heterocycles. The number of hydrogen-bond acceptors (Lipinski definition) is 3. The van der Waals surface area contributed by atoms with Crippen LogP contribution in [0.1, 0.15) is 25.7 Å². The van der Waals surface area contributed by atoms with Gasteiger partial charge in [0.25, 0.3) is 0 Å². The molecule has 1 N–H and O–H groups in total. The third-order valence-corrected chi connectivity index (χ3v) is 5.20. The summed E-state index contributed by atoms with van der Waals surface area (Å²) in [4.78, 5) is 3.46. The lowest BCUT2D eigenvalue weighted by Crippen LogP contribution is -2.47. The Hall–Kier alpha value is -0.860. The maximum absolute atomic E-state index is 13.0. The molecule has 0 amide bonds. The Labute approximate surface area is 125 Å². The van der Waals surface area contributed by atoms with Crippen LogP contribution < -0.4 is 4.72 Å². The van der Waals surface area contributed by atoms with Crippen LogP contribution in [-0.4, -0.2) is 25.6 Å². The van der Waals surface area contributed by atoms with Crippen molar-refractivity contribution >= 4 is 21.6 Å². The molecule has 21 heavy (non-hydrogen) atoms. The van der Waals surface area contributed by atoms with E-state index in [9.17, 15) is 21.6 Å². The van der Waals surface area contributed by atoms with Gasteiger partial charge in [0, 0.05) is 12.2 Å². The van der Waals surface area contributed by atoms with Crippen molar-refractivity contribution in [3.63, 3.8) is 0 Å². The smallest absolute Gasteiger partial charge is 0.244 e. The first kappa shape index (κ1) is 16.5. The molecule has 1 aromatic rings. The Morgan fingerprint density at radius 1 is 1.29 bits per heavy atom. The summed E-state index contributed by atoms with van der Waals surface area (Å²) in [6.45, 7) is 0. The van der Waals surface area contributed by atoms with Crippen molar-refractivity contribution in [2.24, 2.45) is 5.92 Å². The molecule has 4 nitrogen and oxygen atoms in total. The van der Waals surface area contributed by atoms with E-state index in [1.807, 2.05) is 0 Å².